The molecule has 2 aromatic carbocycles. The second-order valence-electron chi connectivity index (χ2n) is 4.32. The molecular formula is C15H14BrNO3. The lowest BCUT2D eigenvalue weighted by atomic mass is 10.1. The number of ether oxygens (including phenoxy) is 1. The predicted octanol–water partition coefficient (Wildman–Crippen LogP) is 3.72. The average molecular weight is 336 g/mol. The number of methoxy groups -OCH3 is 1. The zero-order chi connectivity index (χ0) is 14.7. The van der Waals surface area contributed by atoms with Crippen LogP contribution in [-0.2, 0) is 0 Å². The van der Waals surface area contributed by atoms with Crippen molar-refractivity contribution < 1.29 is 14.6 Å². The molecule has 0 saturated carbocycles. The summed E-state index contributed by atoms with van der Waals surface area (Å²) in [6.45, 7) is 1.92. The number of hydrogen-bond donors (Lipinski definition) is 2. The maximum Gasteiger partial charge on any atom is 0.259 e. The predicted molar refractivity (Wildman–Crippen MR) is 81.5 cm³/mol. The summed E-state index contributed by atoms with van der Waals surface area (Å²) in [5.74, 6) is 0.1000. The van der Waals surface area contributed by atoms with Crippen molar-refractivity contribution in [2.24, 2.45) is 0 Å². The number of aryl methyl sites for hydroxylation is 1. The van der Waals surface area contributed by atoms with Crippen LogP contribution >= 0.6 is 15.9 Å². The van der Waals surface area contributed by atoms with Gasteiger partial charge in [-0.2, -0.15) is 0 Å². The number of benzene rings is 2. The van der Waals surface area contributed by atoms with Crippen molar-refractivity contribution in [3.63, 3.8) is 0 Å². The van der Waals surface area contributed by atoms with Crippen molar-refractivity contribution in [2.75, 3.05) is 12.4 Å². The Kier molecular flexibility index (Phi) is 4.29. The van der Waals surface area contributed by atoms with Crippen LogP contribution in [-0.4, -0.2) is 18.1 Å². The van der Waals surface area contributed by atoms with Gasteiger partial charge in [0.25, 0.3) is 5.91 Å². The summed E-state index contributed by atoms with van der Waals surface area (Å²) in [6.07, 6.45) is 0. The molecule has 5 heteroatoms. The van der Waals surface area contributed by atoms with E-state index < -0.39 is 0 Å². The largest absolute Gasteiger partial charge is 0.507 e. The Morgan fingerprint density at radius 3 is 2.65 bits per heavy atom. The SMILES string of the molecule is COc1ccc(C)cc1NC(=O)c1ccc(Br)cc1O. The van der Waals surface area contributed by atoms with Crippen molar-refractivity contribution in [1.29, 1.82) is 0 Å². The van der Waals surface area contributed by atoms with Gasteiger partial charge in [-0.15, -0.1) is 0 Å². The van der Waals surface area contributed by atoms with Crippen molar-refractivity contribution >= 4 is 27.5 Å². The highest BCUT2D eigenvalue weighted by molar-refractivity contribution is 9.10. The molecule has 2 aromatic rings. The summed E-state index contributed by atoms with van der Waals surface area (Å²) in [7, 11) is 1.54. The van der Waals surface area contributed by atoms with Gasteiger partial charge in [-0.05, 0) is 42.8 Å². The Balaban J connectivity index is 2.30. The van der Waals surface area contributed by atoms with Gasteiger partial charge in [0.05, 0.1) is 18.4 Å². The van der Waals surface area contributed by atoms with Gasteiger partial charge in [0.1, 0.15) is 11.5 Å². The first-order valence-electron chi connectivity index (χ1n) is 5.96. The fourth-order valence-electron chi connectivity index (χ4n) is 1.81. The molecule has 0 saturated heterocycles. The van der Waals surface area contributed by atoms with E-state index in [4.69, 9.17) is 4.74 Å². The average Bonchev–Trinajstić information content (AvgIpc) is 2.38. The second kappa shape index (κ2) is 5.96. The summed E-state index contributed by atoms with van der Waals surface area (Å²) in [5, 5.41) is 12.5. The van der Waals surface area contributed by atoms with Crippen LogP contribution in [0.4, 0.5) is 5.69 Å². The maximum absolute atomic E-state index is 12.2. The minimum atomic E-state index is -0.390. The van der Waals surface area contributed by atoms with Crippen molar-refractivity contribution in [3.8, 4) is 11.5 Å². The van der Waals surface area contributed by atoms with Crippen molar-refractivity contribution in [3.05, 3.63) is 52.0 Å². The number of phenols is 1. The zero-order valence-electron chi connectivity index (χ0n) is 11.1. The first kappa shape index (κ1) is 14.4. The Morgan fingerprint density at radius 2 is 2.00 bits per heavy atom. The molecule has 0 aromatic heterocycles. The number of carbonyl (C=O) groups is 1. The lowest BCUT2D eigenvalue weighted by Crippen LogP contribution is -2.13. The summed E-state index contributed by atoms with van der Waals surface area (Å²) < 4.78 is 5.91. The molecule has 0 heterocycles. The third-order valence-corrected chi connectivity index (χ3v) is 3.30. The molecule has 0 aliphatic carbocycles. The highest BCUT2D eigenvalue weighted by Gasteiger charge is 2.13. The van der Waals surface area contributed by atoms with Crippen LogP contribution < -0.4 is 10.1 Å². The smallest absolute Gasteiger partial charge is 0.259 e. The normalized spacial score (nSPS) is 10.2. The number of hydrogen-bond acceptors (Lipinski definition) is 3. The molecule has 0 fully saturated rings. The molecule has 0 aliphatic rings. The molecule has 0 unspecified atom stereocenters. The van der Waals surface area contributed by atoms with Crippen LogP contribution in [0.15, 0.2) is 40.9 Å². The Morgan fingerprint density at radius 1 is 1.25 bits per heavy atom. The maximum atomic E-state index is 12.2. The van der Waals surface area contributed by atoms with Gasteiger partial charge >= 0.3 is 0 Å². The molecule has 20 heavy (non-hydrogen) atoms. The first-order valence-corrected chi connectivity index (χ1v) is 6.75. The number of halogens is 1. The van der Waals surface area contributed by atoms with Gasteiger partial charge in [0, 0.05) is 4.47 Å². The highest BCUT2D eigenvalue weighted by Crippen LogP contribution is 2.28. The third-order valence-electron chi connectivity index (χ3n) is 2.81. The topological polar surface area (TPSA) is 58.6 Å². The quantitative estimate of drug-likeness (QED) is 0.898. The molecule has 4 nitrogen and oxygen atoms in total. The summed E-state index contributed by atoms with van der Waals surface area (Å²) in [5.41, 5.74) is 1.78. The monoisotopic (exact) mass is 335 g/mol. The Bertz CT molecular complexity index is 656. The Hall–Kier alpha value is -2.01. The van der Waals surface area contributed by atoms with E-state index in [1.807, 2.05) is 19.1 Å². The molecule has 0 radical (unpaired) electrons. The zero-order valence-corrected chi connectivity index (χ0v) is 12.7. The van der Waals surface area contributed by atoms with E-state index in [-0.39, 0.29) is 17.2 Å². The van der Waals surface area contributed by atoms with E-state index in [1.165, 1.54) is 13.2 Å². The number of rotatable bonds is 3. The van der Waals surface area contributed by atoms with Gasteiger partial charge in [0.2, 0.25) is 0 Å². The van der Waals surface area contributed by atoms with Crippen LogP contribution in [0, 0.1) is 6.92 Å². The minimum absolute atomic E-state index is 0.0801. The van der Waals surface area contributed by atoms with E-state index in [0.29, 0.717) is 15.9 Å². The molecule has 2 N–H and O–H groups in total. The van der Waals surface area contributed by atoms with Gasteiger partial charge in [-0.25, -0.2) is 0 Å². The number of anilines is 1. The van der Waals surface area contributed by atoms with E-state index in [0.717, 1.165) is 5.56 Å². The van der Waals surface area contributed by atoms with E-state index >= 15 is 0 Å². The van der Waals surface area contributed by atoms with Crippen LogP contribution in [0.3, 0.4) is 0 Å². The number of aromatic hydroxyl groups is 1. The molecule has 0 aliphatic heterocycles. The molecule has 1 amide bonds. The molecule has 104 valence electrons. The molecule has 0 spiro atoms. The van der Waals surface area contributed by atoms with E-state index in [1.54, 1.807) is 18.2 Å². The highest BCUT2D eigenvalue weighted by atomic mass is 79.9. The fourth-order valence-corrected chi connectivity index (χ4v) is 2.15. The lowest BCUT2D eigenvalue weighted by molar-refractivity contribution is 0.102. The number of amides is 1. The van der Waals surface area contributed by atoms with Crippen LogP contribution in [0.1, 0.15) is 15.9 Å². The van der Waals surface area contributed by atoms with Gasteiger partial charge in [-0.1, -0.05) is 22.0 Å². The van der Waals surface area contributed by atoms with Crippen molar-refractivity contribution in [2.45, 2.75) is 6.92 Å². The number of carbonyl (C=O) groups excluding carboxylic acids is 1. The van der Waals surface area contributed by atoms with Gasteiger partial charge < -0.3 is 15.2 Å². The fraction of sp³-hybridized carbons (Fsp3) is 0.133. The molecule has 0 atom stereocenters. The molecular weight excluding hydrogens is 322 g/mol. The third kappa shape index (κ3) is 3.11. The van der Waals surface area contributed by atoms with Crippen LogP contribution in [0.2, 0.25) is 0 Å². The molecule has 2 rings (SSSR count). The van der Waals surface area contributed by atoms with E-state index in [9.17, 15) is 9.90 Å². The van der Waals surface area contributed by atoms with Gasteiger partial charge in [0.15, 0.2) is 0 Å². The van der Waals surface area contributed by atoms with E-state index in [2.05, 4.69) is 21.2 Å². The summed E-state index contributed by atoms with van der Waals surface area (Å²) in [6, 6.07) is 10.2. The summed E-state index contributed by atoms with van der Waals surface area (Å²) in [4.78, 5) is 12.2. The standard InChI is InChI=1S/C15H14BrNO3/c1-9-3-6-14(20-2)12(7-9)17-15(19)11-5-4-10(16)8-13(11)18/h3-8,18H,1-2H3,(H,17,19). The number of phenolic OH excluding ortho intramolecular Hbond substituents is 1. The lowest BCUT2D eigenvalue weighted by Gasteiger charge is -2.11. The van der Waals surface area contributed by atoms with Crippen LogP contribution in [0.25, 0.3) is 0 Å². The summed E-state index contributed by atoms with van der Waals surface area (Å²) >= 11 is 3.23. The van der Waals surface area contributed by atoms with Crippen LogP contribution in [0.5, 0.6) is 11.5 Å². The number of nitrogens with one attached hydrogen (secondary N) is 1. The second-order valence-corrected chi connectivity index (χ2v) is 5.24. The first-order chi connectivity index (χ1) is 9.51. The minimum Gasteiger partial charge on any atom is -0.507 e. The van der Waals surface area contributed by atoms with Crippen molar-refractivity contribution in [1.82, 2.24) is 0 Å². The van der Waals surface area contributed by atoms with Gasteiger partial charge in [-0.3, -0.25) is 4.79 Å². The molecule has 0 bridgehead atoms. The Labute approximate surface area is 125 Å².